The zero-order valence-electron chi connectivity index (χ0n) is 17.9. The van der Waals surface area contributed by atoms with Crippen LogP contribution < -0.4 is 5.32 Å². The van der Waals surface area contributed by atoms with Gasteiger partial charge in [0.15, 0.2) is 0 Å². The van der Waals surface area contributed by atoms with E-state index in [1.165, 1.54) is 26.4 Å². The van der Waals surface area contributed by atoms with Crippen molar-refractivity contribution in [3.63, 3.8) is 0 Å². The minimum absolute atomic E-state index is 0.0544. The zero-order valence-corrected chi connectivity index (χ0v) is 18.7. The summed E-state index contributed by atoms with van der Waals surface area (Å²) in [6, 6.07) is 0. The summed E-state index contributed by atoms with van der Waals surface area (Å²) in [6.07, 6.45) is 3.41. The molecule has 1 atom stereocenters. The molecule has 2 amide bonds. The number of carbonyl (C=O) groups is 2. The first-order valence-electron chi connectivity index (χ1n) is 11.1. The van der Waals surface area contributed by atoms with Crippen LogP contribution in [0.4, 0.5) is 4.79 Å². The molecule has 3 saturated heterocycles. The first-order chi connectivity index (χ1) is 14.4. The lowest BCUT2D eigenvalue weighted by Gasteiger charge is -2.38. The molecule has 0 aromatic carbocycles. The molecular weight excluding hydrogens is 410 g/mol. The lowest BCUT2D eigenvalue weighted by Crippen LogP contribution is -2.56. The third-order valence-electron chi connectivity index (χ3n) is 6.10. The van der Waals surface area contributed by atoms with E-state index in [0.717, 1.165) is 19.6 Å². The van der Waals surface area contributed by atoms with Crippen LogP contribution >= 0.6 is 0 Å². The van der Waals surface area contributed by atoms with Gasteiger partial charge in [0.25, 0.3) is 10.2 Å². The lowest BCUT2D eigenvalue weighted by atomic mass is 9.99. The molecule has 172 valence electrons. The Morgan fingerprint density at radius 1 is 0.967 bits per heavy atom. The largest absolute Gasteiger partial charge is 0.450 e. The van der Waals surface area contributed by atoms with Crippen molar-refractivity contribution in [1.29, 1.82) is 0 Å². The molecule has 3 aliphatic rings. The average Bonchev–Trinajstić information content (AvgIpc) is 3.27. The fourth-order valence-electron chi connectivity index (χ4n) is 4.33. The normalized spacial score (nSPS) is 24.7. The van der Waals surface area contributed by atoms with Crippen LogP contribution in [0, 0.1) is 5.92 Å². The topological polar surface area (TPSA) is 102 Å². The van der Waals surface area contributed by atoms with E-state index < -0.39 is 16.3 Å². The van der Waals surface area contributed by atoms with E-state index in [9.17, 15) is 18.0 Å². The first-order valence-corrected chi connectivity index (χ1v) is 12.5. The summed E-state index contributed by atoms with van der Waals surface area (Å²) in [5.74, 6) is -0.367. The Morgan fingerprint density at radius 3 is 2.33 bits per heavy atom. The van der Waals surface area contributed by atoms with Gasteiger partial charge in [-0.05, 0) is 45.7 Å². The summed E-state index contributed by atoms with van der Waals surface area (Å²) in [7, 11) is -3.65. The Labute approximate surface area is 179 Å². The SMILES string of the molecule is CCOC(=O)N1CCN(S(=O)(=O)N2CCCC(C(=O)NCCN3CCCC3)C2)CC1. The van der Waals surface area contributed by atoms with Gasteiger partial charge in [0.1, 0.15) is 0 Å². The van der Waals surface area contributed by atoms with Crippen LogP contribution in [0.3, 0.4) is 0 Å². The molecule has 0 saturated carbocycles. The molecule has 0 aliphatic carbocycles. The average molecular weight is 446 g/mol. The van der Waals surface area contributed by atoms with Crippen LogP contribution in [-0.4, -0.2) is 111 Å². The van der Waals surface area contributed by atoms with Crippen molar-refractivity contribution in [2.45, 2.75) is 32.6 Å². The van der Waals surface area contributed by atoms with Crippen molar-refractivity contribution in [3.8, 4) is 0 Å². The molecule has 3 heterocycles. The molecule has 0 bridgehead atoms. The van der Waals surface area contributed by atoms with Gasteiger partial charge in [-0.1, -0.05) is 0 Å². The number of ether oxygens (including phenoxy) is 1. The molecule has 1 unspecified atom stereocenters. The Morgan fingerprint density at radius 2 is 1.67 bits per heavy atom. The third kappa shape index (κ3) is 5.83. The third-order valence-corrected chi connectivity index (χ3v) is 8.10. The molecule has 10 nitrogen and oxygen atoms in total. The van der Waals surface area contributed by atoms with Crippen LogP contribution in [0.15, 0.2) is 0 Å². The Bertz CT molecular complexity index is 689. The Hall–Kier alpha value is -1.43. The number of hydrogen-bond donors (Lipinski definition) is 1. The standard InChI is InChI=1S/C19H35N5O5S/c1-2-29-19(26)22-12-14-23(15-13-22)30(27,28)24-10-5-6-17(16-24)18(25)20-7-11-21-8-3-4-9-21/h17H,2-16H2,1H3,(H,20,25). The Kier molecular flexibility index (Phi) is 8.32. The minimum atomic E-state index is -3.65. The smallest absolute Gasteiger partial charge is 0.409 e. The van der Waals surface area contributed by atoms with Gasteiger partial charge in [0, 0.05) is 52.4 Å². The van der Waals surface area contributed by atoms with Gasteiger partial charge >= 0.3 is 6.09 Å². The maximum absolute atomic E-state index is 13.1. The highest BCUT2D eigenvalue weighted by Crippen LogP contribution is 2.22. The van der Waals surface area contributed by atoms with Crippen LogP contribution in [0.2, 0.25) is 0 Å². The highest BCUT2D eigenvalue weighted by molar-refractivity contribution is 7.86. The molecule has 0 aromatic rings. The molecule has 3 rings (SSSR count). The molecular formula is C19H35N5O5S. The molecule has 3 aliphatic heterocycles. The van der Waals surface area contributed by atoms with Crippen molar-refractivity contribution >= 4 is 22.2 Å². The molecule has 11 heteroatoms. The van der Waals surface area contributed by atoms with Crippen LogP contribution in [0.25, 0.3) is 0 Å². The number of rotatable bonds is 7. The number of piperidine rings is 1. The predicted octanol–water partition coefficient (Wildman–Crippen LogP) is -0.0707. The second kappa shape index (κ2) is 10.7. The summed E-state index contributed by atoms with van der Waals surface area (Å²) in [5, 5.41) is 2.99. The molecule has 0 spiro atoms. The van der Waals surface area contributed by atoms with Crippen LogP contribution in [0.1, 0.15) is 32.6 Å². The fourth-order valence-corrected chi connectivity index (χ4v) is 6.01. The summed E-state index contributed by atoms with van der Waals surface area (Å²) in [4.78, 5) is 28.3. The minimum Gasteiger partial charge on any atom is -0.450 e. The van der Waals surface area contributed by atoms with E-state index in [1.807, 2.05) is 0 Å². The number of likely N-dealkylation sites (tertiary alicyclic amines) is 1. The van der Waals surface area contributed by atoms with Gasteiger partial charge in [0.05, 0.1) is 12.5 Å². The number of carbonyl (C=O) groups excluding carboxylic acids is 2. The monoisotopic (exact) mass is 445 g/mol. The van der Waals surface area contributed by atoms with Gasteiger partial charge in [-0.15, -0.1) is 0 Å². The second-order valence-corrected chi connectivity index (χ2v) is 10.1. The Balaban J connectivity index is 1.47. The quantitative estimate of drug-likeness (QED) is 0.589. The number of piperazine rings is 1. The second-order valence-electron chi connectivity index (χ2n) is 8.13. The van der Waals surface area contributed by atoms with E-state index in [2.05, 4.69) is 10.2 Å². The fraction of sp³-hybridized carbons (Fsp3) is 0.895. The van der Waals surface area contributed by atoms with Gasteiger partial charge in [-0.3, -0.25) is 4.79 Å². The van der Waals surface area contributed by atoms with Gasteiger partial charge in [-0.25, -0.2) is 4.79 Å². The van der Waals surface area contributed by atoms with Crippen molar-refractivity contribution in [2.24, 2.45) is 5.92 Å². The predicted molar refractivity (Wildman–Crippen MR) is 112 cm³/mol. The molecule has 1 N–H and O–H groups in total. The highest BCUT2D eigenvalue weighted by Gasteiger charge is 2.37. The number of nitrogens with zero attached hydrogens (tertiary/aromatic N) is 4. The first kappa shape index (κ1) is 23.2. The molecule has 0 aromatic heterocycles. The maximum Gasteiger partial charge on any atom is 0.409 e. The van der Waals surface area contributed by atoms with Gasteiger partial charge in [-0.2, -0.15) is 17.0 Å². The van der Waals surface area contributed by atoms with E-state index in [-0.39, 0.29) is 31.5 Å². The van der Waals surface area contributed by atoms with Crippen molar-refractivity contribution in [3.05, 3.63) is 0 Å². The molecule has 3 fully saturated rings. The summed E-state index contributed by atoms with van der Waals surface area (Å²) in [6.45, 7) is 7.44. The molecule has 30 heavy (non-hydrogen) atoms. The lowest BCUT2D eigenvalue weighted by molar-refractivity contribution is -0.126. The van der Waals surface area contributed by atoms with E-state index in [0.29, 0.717) is 45.6 Å². The summed E-state index contributed by atoms with van der Waals surface area (Å²) >= 11 is 0. The summed E-state index contributed by atoms with van der Waals surface area (Å²) < 4.78 is 34.0. The van der Waals surface area contributed by atoms with Gasteiger partial charge < -0.3 is 19.9 Å². The number of hydrogen-bond acceptors (Lipinski definition) is 6. The van der Waals surface area contributed by atoms with Crippen molar-refractivity contribution in [2.75, 3.05) is 72.1 Å². The highest BCUT2D eigenvalue weighted by atomic mass is 32.2. The van der Waals surface area contributed by atoms with E-state index >= 15 is 0 Å². The molecule has 0 radical (unpaired) electrons. The van der Waals surface area contributed by atoms with Gasteiger partial charge in [0.2, 0.25) is 5.91 Å². The van der Waals surface area contributed by atoms with Crippen molar-refractivity contribution < 1.29 is 22.7 Å². The van der Waals surface area contributed by atoms with E-state index in [1.54, 1.807) is 6.92 Å². The zero-order chi connectivity index (χ0) is 21.6. The van der Waals surface area contributed by atoms with E-state index in [4.69, 9.17) is 4.74 Å². The van der Waals surface area contributed by atoms with Crippen LogP contribution in [0.5, 0.6) is 0 Å². The van der Waals surface area contributed by atoms with Crippen molar-refractivity contribution in [1.82, 2.24) is 23.7 Å². The number of amides is 2. The summed E-state index contributed by atoms with van der Waals surface area (Å²) in [5.41, 5.74) is 0. The maximum atomic E-state index is 13.1. The number of nitrogens with one attached hydrogen (secondary N) is 1. The van der Waals surface area contributed by atoms with Crippen LogP contribution in [-0.2, 0) is 19.7 Å².